The zero-order valence-electron chi connectivity index (χ0n) is 11.6. The van der Waals surface area contributed by atoms with Crippen molar-refractivity contribution >= 4 is 11.8 Å². The van der Waals surface area contributed by atoms with Gasteiger partial charge in [0.1, 0.15) is 13.2 Å². The van der Waals surface area contributed by atoms with Crippen LogP contribution in [0.5, 0.6) is 11.5 Å². The maximum atomic E-state index is 6.50. The molecule has 2 N–H and O–H groups in total. The minimum atomic E-state index is -0.00164. The van der Waals surface area contributed by atoms with E-state index >= 15 is 0 Å². The van der Waals surface area contributed by atoms with E-state index in [-0.39, 0.29) is 6.04 Å². The molecule has 0 amide bonds. The Bertz CT molecular complexity index is 649. The number of benzene rings is 2. The van der Waals surface area contributed by atoms with E-state index in [0.717, 1.165) is 23.5 Å². The highest BCUT2D eigenvalue weighted by Gasteiger charge is 2.28. The molecule has 2 aliphatic heterocycles. The molecule has 4 rings (SSSR count). The summed E-state index contributed by atoms with van der Waals surface area (Å²) in [6.07, 6.45) is 1.02. The fraction of sp³-hybridized carbons (Fsp3) is 0.294. The molecule has 0 saturated heterocycles. The smallest absolute Gasteiger partial charge is 0.161 e. The van der Waals surface area contributed by atoms with Gasteiger partial charge in [-0.2, -0.15) is 0 Å². The van der Waals surface area contributed by atoms with Crippen molar-refractivity contribution in [1.29, 1.82) is 0 Å². The predicted octanol–water partition coefficient (Wildman–Crippen LogP) is 3.17. The summed E-state index contributed by atoms with van der Waals surface area (Å²) in [4.78, 5) is 1.36. The van der Waals surface area contributed by atoms with Gasteiger partial charge in [-0.15, -0.1) is 11.8 Å². The van der Waals surface area contributed by atoms with Crippen LogP contribution in [0.3, 0.4) is 0 Å². The fourth-order valence-electron chi connectivity index (χ4n) is 2.89. The average molecular weight is 299 g/mol. The normalized spacial score (nSPS) is 20.9. The van der Waals surface area contributed by atoms with Gasteiger partial charge < -0.3 is 15.2 Å². The molecule has 2 heterocycles. The van der Waals surface area contributed by atoms with Crippen molar-refractivity contribution in [3.05, 3.63) is 53.6 Å². The summed E-state index contributed by atoms with van der Waals surface area (Å²) < 4.78 is 11.2. The summed E-state index contributed by atoms with van der Waals surface area (Å²) in [6.45, 7) is 1.22. The average Bonchev–Trinajstić information content (AvgIpc) is 2.97. The molecule has 2 unspecified atom stereocenters. The highest BCUT2D eigenvalue weighted by molar-refractivity contribution is 8.00. The Hall–Kier alpha value is -1.65. The predicted molar refractivity (Wildman–Crippen MR) is 84.2 cm³/mol. The van der Waals surface area contributed by atoms with E-state index in [0.29, 0.717) is 18.5 Å². The number of rotatable bonds is 2. The van der Waals surface area contributed by atoms with Crippen LogP contribution in [0.1, 0.15) is 17.2 Å². The molecule has 2 aliphatic rings. The SMILES string of the molecule is NC(c1ccc2c(c1)OCCO2)C1Cc2ccccc2S1. The maximum Gasteiger partial charge on any atom is 0.161 e. The van der Waals surface area contributed by atoms with Crippen LogP contribution in [-0.4, -0.2) is 18.5 Å². The summed E-state index contributed by atoms with van der Waals surface area (Å²) >= 11 is 1.88. The molecule has 0 fully saturated rings. The number of hydrogen-bond acceptors (Lipinski definition) is 4. The van der Waals surface area contributed by atoms with E-state index in [1.807, 2.05) is 23.9 Å². The largest absolute Gasteiger partial charge is 0.486 e. The van der Waals surface area contributed by atoms with Crippen LogP contribution in [0, 0.1) is 0 Å². The summed E-state index contributed by atoms with van der Waals surface area (Å²) in [5.74, 6) is 1.63. The third-order valence-corrected chi connectivity index (χ3v) is 5.44. The topological polar surface area (TPSA) is 44.5 Å². The van der Waals surface area contributed by atoms with Gasteiger partial charge in [0, 0.05) is 16.2 Å². The van der Waals surface area contributed by atoms with Crippen LogP contribution in [0.2, 0.25) is 0 Å². The van der Waals surface area contributed by atoms with Crippen LogP contribution in [0.15, 0.2) is 47.4 Å². The van der Waals surface area contributed by atoms with Crippen molar-refractivity contribution in [2.45, 2.75) is 22.6 Å². The first-order valence-electron chi connectivity index (χ1n) is 7.21. The summed E-state index contributed by atoms with van der Waals surface area (Å²) in [5, 5.41) is 0.380. The number of thioether (sulfide) groups is 1. The second-order valence-corrected chi connectivity index (χ2v) is 6.68. The summed E-state index contributed by atoms with van der Waals surface area (Å²) in [7, 11) is 0. The third-order valence-electron chi connectivity index (χ3n) is 4.02. The Kier molecular flexibility index (Phi) is 3.28. The lowest BCUT2D eigenvalue weighted by Gasteiger charge is -2.22. The van der Waals surface area contributed by atoms with E-state index in [1.165, 1.54) is 10.5 Å². The number of ether oxygens (including phenoxy) is 2. The molecule has 0 aromatic heterocycles. The monoisotopic (exact) mass is 299 g/mol. The van der Waals surface area contributed by atoms with Crippen molar-refractivity contribution in [2.75, 3.05) is 13.2 Å². The van der Waals surface area contributed by atoms with E-state index in [9.17, 15) is 0 Å². The molecule has 108 valence electrons. The van der Waals surface area contributed by atoms with Crippen LogP contribution < -0.4 is 15.2 Å². The zero-order chi connectivity index (χ0) is 14.2. The number of hydrogen-bond donors (Lipinski definition) is 1. The van der Waals surface area contributed by atoms with Gasteiger partial charge in [0.05, 0.1) is 0 Å². The molecule has 0 aliphatic carbocycles. The van der Waals surface area contributed by atoms with Crippen molar-refractivity contribution in [3.8, 4) is 11.5 Å². The Morgan fingerprint density at radius 3 is 2.71 bits per heavy atom. The molecule has 0 bridgehead atoms. The molecule has 2 aromatic rings. The van der Waals surface area contributed by atoms with Crippen LogP contribution in [-0.2, 0) is 6.42 Å². The van der Waals surface area contributed by atoms with E-state index in [4.69, 9.17) is 15.2 Å². The zero-order valence-corrected chi connectivity index (χ0v) is 12.4. The standard InChI is InChI=1S/C17H17NO2S/c18-17(16-10-11-3-1-2-4-15(11)21-16)12-5-6-13-14(9-12)20-8-7-19-13/h1-6,9,16-17H,7-8,10,18H2. The fourth-order valence-corrected chi connectivity index (χ4v) is 4.24. The highest BCUT2D eigenvalue weighted by atomic mass is 32.2. The highest BCUT2D eigenvalue weighted by Crippen LogP contribution is 2.43. The quantitative estimate of drug-likeness (QED) is 0.925. The van der Waals surface area contributed by atoms with E-state index < -0.39 is 0 Å². The molecule has 3 nitrogen and oxygen atoms in total. The molecular weight excluding hydrogens is 282 g/mol. The van der Waals surface area contributed by atoms with Gasteiger partial charge in [0.2, 0.25) is 0 Å². The lowest BCUT2D eigenvalue weighted by atomic mass is 9.99. The molecule has 0 saturated carbocycles. The first kappa shape index (κ1) is 13.0. The minimum Gasteiger partial charge on any atom is -0.486 e. The Morgan fingerprint density at radius 2 is 1.86 bits per heavy atom. The molecular formula is C17H17NO2S. The third kappa shape index (κ3) is 2.39. The summed E-state index contributed by atoms with van der Waals surface area (Å²) in [6, 6.07) is 14.6. The van der Waals surface area contributed by atoms with Gasteiger partial charge in [-0.3, -0.25) is 0 Å². The van der Waals surface area contributed by atoms with Crippen LogP contribution in [0.4, 0.5) is 0 Å². The Morgan fingerprint density at radius 1 is 1.05 bits per heavy atom. The minimum absolute atomic E-state index is 0.00164. The Labute approximate surface area is 128 Å². The number of nitrogens with two attached hydrogens (primary N) is 1. The van der Waals surface area contributed by atoms with Gasteiger partial charge >= 0.3 is 0 Å². The van der Waals surface area contributed by atoms with Gasteiger partial charge in [-0.25, -0.2) is 0 Å². The molecule has 0 radical (unpaired) electrons. The van der Waals surface area contributed by atoms with Crippen LogP contribution >= 0.6 is 11.8 Å². The molecule has 21 heavy (non-hydrogen) atoms. The van der Waals surface area contributed by atoms with Crippen molar-refractivity contribution in [2.24, 2.45) is 5.73 Å². The van der Waals surface area contributed by atoms with Crippen LogP contribution in [0.25, 0.3) is 0 Å². The molecule has 4 heteroatoms. The lowest BCUT2D eigenvalue weighted by Crippen LogP contribution is -2.24. The van der Waals surface area contributed by atoms with Gasteiger partial charge in [-0.05, 0) is 35.7 Å². The molecule has 2 aromatic carbocycles. The second kappa shape index (κ2) is 5.28. The molecule has 2 atom stereocenters. The number of fused-ring (bicyclic) bond motifs is 2. The van der Waals surface area contributed by atoms with Gasteiger partial charge in [-0.1, -0.05) is 24.3 Å². The van der Waals surface area contributed by atoms with Crippen molar-refractivity contribution < 1.29 is 9.47 Å². The maximum absolute atomic E-state index is 6.50. The Balaban J connectivity index is 1.57. The summed E-state index contributed by atoms with van der Waals surface area (Å²) in [5.41, 5.74) is 9.01. The van der Waals surface area contributed by atoms with Gasteiger partial charge in [0.15, 0.2) is 11.5 Å². The van der Waals surface area contributed by atoms with Crippen molar-refractivity contribution in [3.63, 3.8) is 0 Å². The molecule has 0 spiro atoms. The van der Waals surface area contributed by atoms with E-state index in [2.05, 4.69) is 30.3 Å². The second-order valence-electron chi connectivity index (χ2n) is 5.40. The first-order valence-corrected chi connectivity index (χ1v) is 8.09. The lowest BCUT2D eigenvalue weighted by molar-refractivity contribution is 0.171. The van der Waals surface area contributed by atoms with Gasteiger partial charge in [0.25, 0.3) is 0 Å². The van der Waals surface area contributed by atoms with E-state index in [1.54, 1.807) is 0 Å². The van der Waals surface area contributed by atoms with Crippen molar-refractivity contribution in [1.82, 2.24) is 0 Å². The first-order chi connectivity index (χ1) is 10.3.